The first-order valence-corrected chi connectivity index (χ1v) is 8.43. The Morgan fingerprint density at radius 1 is 1.45 bits per heavy atom. The Bertz CT molecular complexity index is 587. The number of benzene rings is 1. The number of thioether (sulfide) groups is 1. The lowest BCUT2D eigenvalue weighted by atomic mass is 10.2. The second-order valence-electron chi connectivity index (χ2n) is 4.70. The van der Waals surface area contributed by atoms with Crippen LogP contribution in [0.4, 0.5) is 4.39 Å². The molecule has 0 aliphatic carbocycles. The SMILES string of the molecule is O=C(CSCc1c(F)cccc1Cl)NCCCn1ccnc1. The molecule has 2 aromatic rings. The maximum atomic E-state index is 13.6. The molecule has 0 saturated heterocycles. The summed E-state index contributed by atoms with van der Waals surface area (Å²) in [6.45, 7) is 1.43. The van der Waals surface area contributed by atoms with E-state index in [2.05, 4.69) is 10.3 Å². The zero-order valence-corrected chi connectivity index (χ0v) is 13.5. The Hall–Kier alpha value is -1.53. The van der Waals surface area contributed by atoms with E-state index in [-0.39, 0.29) is 17.5 Å². The summed E-state index contributed by atoms with van der Waals surface area (Å²) in [6.07, 6.45) is 6.20. The number of imidazole rings is 1. The minimum absolute atomic E-state index is 0.0527. The number of amides is 1. The van der Waals surface area contributed by atoms with Crippen molar-refractivity contribution >= 4 is 29.3 Å². The van der Waals surface area contributed by atoms with Crippen LogP contribution in [-0.4, -0.2) is 27.8 Å². The molecule has 0 saturated carbocycles. The van der Waals surface area contributed by atoms with Crippen molar-refractivity contribution in [2.45, 2.75) is 18.7 Å². The molecule has 0 unspecified atom stereocenters. The lowest BCUT2D eigenvalue weighted by molar-refractivity contribution is -0.118. The summed E-state index contributed by atoms with van der Waals surface area (Å²) in [6, 6.07) is 4.59. The Labute approximate surface area is 138 Å². The minimum atomic E-state index is -0.333. The van der Waals surface area contributed by atoms with E-state index in [1.165, 1.54) is 17.8 Å². The van der Waals surface area contributed by atoms with Crippen LogP contribution in [0.1, 0.15) is 12.0 Å². The number of aryl methyl sites for hydroxylation is 1. The summed E-state index contributed by atoms with van der Waals surface area (Å²) >= 11 is 7.28. The molecule has 4 nitrogen and oxygen atoms in total. The summed E-state index contributed by atoms with van der Waals surface area (Å²) in [7, 11) is 0. The minimum Gasteiger partial charge on any atom is -0.355 e. The molecule has 0 aliphatic rings. The molecule has 1 amide bonds. The standard InChI is InChI=1S/C15H17ClFN3OS/c16-13-3-1-4-14(17)12(13)9-22-10-15(21)19-5-2-7-20-8-6-18-11-20/h1,3-4,6,8,11H,2,5,7,9-10H2,(H,19,21). The highest BCUT2D eigenvalue weighted by molar-refractivity contribution is 7.99. The third-order valence-electron chi connectivity index (χ3n) is 3.02. The Morgan fingerprint density at radius 2 is 2.32 bits per heavy atom. The van der Waals surface area contributed by atoms with E-state index >= 15 is 0 Å². The smallest absolute Gasteiger partial charge is 0.230 e. The molecule has 0 fully saturated rings. The van der Waals surface area contributed by atoms with E-state index in [9.17, 15) is 9.18 Å². The van der Waals surface area contributed by atoms with Gasteiger partial charge in [0, 0.05) is 41.8 Å². The number of halogens is 2. The molecule has 0 radical (unpaired) electrons. The van der Waals surface area contributed by atoms with E-state index in [1.807, 2.05) is 10.8 Å². The third kappa shape index (κ3) is 5.35. The molecule has 1 aromatic carbocycles. The molecular formula is C15H17ClFN3OS. The van der Waals surface area contributed by atoms with Crippen LogP contribution >= 0.6 is 23.4 Å². The third-order valence-corrected chi connectivity index (χ3v) is 4.33. The average molecular weight is 342 g/mol. The number of hydrogen-bond donors (Lipinski definition) is 1. The van der Waals surface area contributed by atoms with Gasteiger partial charge in [-0.15, -0.1) is 11.8 Å². The first-order chi connectivity index (χ1) is 10.7. The number of carbonyl (C=O) groups is 1. The second kappa shape index (κ2) is 8.80. The number of carbonyl (C=O) groups excluding carboxylic acids is 1. The van der Waals surface area contributed by atoms with Gasteiger partial charge in [-0.2, -0.15) is 0 Å². The number of nitrogens with one attached hydrogen (secondary N) is 1. The Kier molecular flexibility index (Phi) is 6.74. The van der Waals surface area contributed by atoms with Crippen molar-refractivity contribution in [2.24, 2.45) is 0 Å². The summed E-state index contributed by atoms with van der Waals surface area (Å²) in [4.78, 5) is 15.6. The van der Waals surface area contributed by atoms with Crippen LogP contribution in [0.15, 0.2) is 36.9 Å². The monoisotopic (exact) mass is 341 g/mol. The highest BCUT2D eigenvalue weighted by Gasteiger charge is 2.08. The van der Waals surface area contributed by atoms with Gasteiger partial charge in [-0.25, -0.2) is 9.37 Å². The number of aromatic nitrogens is 2. The van der Waals surface area contributed by atoms with Crippen molar-refractivity contribution in [2.75, 3.05) is 12.3 Å². The predicted octanol–water partition coefficient (Wildman–Crippen LogP) is 3.12. The molecular weight excluding hydrogens is 325 g/mol. The predicted molar refractivity (Wildman–Crippen MR) is 87.4 cm³/mol. The molecule has 22 heavy (non-hydrogen) atoms. The molecule has 0 atom stereocenters. The van der Waals surface area contributed by atoms with Crippen LogP contribution < -0.4 is 5.32 Å². The normalized spacial score (nSPS) is 10.6. The quantitative estimate of drug-likeness (QED) is 0.750. The number of hydrogen-bond acceptors (Lipinski definition) is 3. The molecule has 7 heteroatoms. The highest BCUT2D eigenvalue weighted by Crippen LogP contribution is 2.23. The fourth-order valence-electron chi connectivity index (χ4n) is 1.88. The van der Waals surface area contributed by atoms with Crippen LogP contribution in [0, 0.1) is 5.82 Å². The van der Waals surface area contributed by atoms with Crippen molar-refractivity contribution in [1.29, 1.82) is 0 Å². The van der Waals surface area contributed by atoms with Crippen molar-refractivity contribution < 1.29 is 9.18 Å². The van der Waals surface area contributed by atoms with E-state index < -0.39 is 0 Å². The van der Waals surface area contributed by atoms with Gasteiger partial charge < -0.3 is 9.88 Å². The molecule has 0 bridgehead atoms. The maximum Gasteiger partial charge on any atom is 0.230 e. The van der Waals surface area contributed by atoms with E-state index in [0.717, 1.165) is 13.0 Å². The van der Waals surface area contributed by atoms with Crippen LogP contribution in [0.2, 0.25) is 5.02 Å². The van der Waals surface area contributed by atoms with Gasteiger partial charge in [-0.1, -0.05) is 17.7 Å². The molecule has 0 aliphatic heterocycles. The van der Waals surface area contributed by atoms with E-state index in [4.69, 9.17) is 11.6 Å². The Balaban J connectivity index is 1.61. The van der Waals surface area contributed by atoms with Gasteiger partial charge in [0.15, 0.2) is 0 Å². The largest absolute Gasteiger partial charge is 0.355 e. The van der Waals surface area contributed by atoms with Gasteiger partial charge in [-0.05, 0) is 18.6 Å². The number of rotatable bonds is 8. The molecule has 1 heterocycles. The van der Waals surface area contributed by atoms with E-state index in [0.29, 0.717) is 22.9 Å². The lowest BCUT2D eigenvalue weighted by Crippen LogP contribution is -2.26. The van der Waals surface area contributed by atoms with Crippen LogP contribution in [0.25, 0.3) is 0 Å². The van der Waals surface area contributed by atoms with Gasteiger partial charge in [0.25, 0.3) is 0 Å². The molecule has 118 valence electrons. The van der Waals surface area contributed by atoms with Gasteiger partial charge in [0.05, 0.1) is 12.1 Å². The molecule has 1 aromatic heterocycles. The first kappa shape index (κ1) is 16.8. The Morgan fingerprint density at radius 3 is 3.05 bits per heavy atom. The zero-order chi connectivity index (χ0) is 15.8. The topological polar surface area (TPSA) is 46.9 Å². The highest BCUT2D eigenvalue weighted by atomic mass is 35.5. The molecule has 1 N–H and O–H groups in total. The second-order valence-corrected chi connectivity index (χ2v) is 6.09. The summed E-state index contributed by atoms with van der Waals surface area (Å²) in [5.74, 6) is 0.285. The van der Waals surface area contributed by atoms with Crippen molar-refractivity contribution in [3.05, 3.63) is 53.3 Å². The van der Waals surface area contributed by atoms with Gasteiger partial charge in [0.1, 0.15) is 5.82 Å². The molecule has 0 spiro atoms. The van der Waals surface area contributed by atoms with E-state index in [1.54, 1.807) is 24.7 Å². The summed E-state index contributed by atoms with van der Waals surface area (Å²) in [5, 5.41) is 3.24. The summed E-state index contributed by atoms with van der Waals surface area (Å²) in [5.41, 5.74) is 0.446. The number of nitrogens with zero attached hydrogens (tertiary/aromatic N) is 2. The van der Waals surface area contributed by atoms with Gasteiger partial charge >= 0.3 is 0 Å². The van der Waals surface area contributed by atoms with Crippen LogP contribution in [-0.2, 0) is 17.1 Å². The maximum absolute atomic E-state index is 13.6. The summed E-state index contributed by atoms with van der Waals surface area (Å²) < 4.78 is 15.5. The van der Waals surface area contributed by atoms with Crippen LogP contribution in [0.3, 0.4) is 0 Å². The zero-order valence-electron chi connectivity index (χ0n) is 12.0. The lowest BCUT2D eigenvalue weighted by Gasteiger charge is -2.07. The van der Waals surface area contributed by atoms with Crippen LogP contribution in [0.5, 0.6) is 0 Å². The van der Waals surface area contributed by atoms with Gasteiger partial charge in [0.2, 0.25) is 5.91 Å². The van der Waals surface area contributed by atoms with Gasteiger partial charge in [-0.3, -0.25) is 4.79 Å². The first-order valence-electron chi connectivity index (χ1n) is 6.90. The fourth-order valence-corrected chi connectivity index (χ4v) is 3.07. The van der Waals surface area contributed by atoms with Crippen molar-refractivity contribution in [1.82, 2.24) is 14.9 Å². The fraction of sp³-hybridized carbons (Fsp3) is 0.333. The van der Waals surface area contributed by atoms with Crippen molar-refractivity contribution in [3.8, 4) is 0 Å². The average Bonchev–Trinajstić information content (AvgIpc) is 3.00. The van der Waals surface area contributed by atoms with Crippen molar-refractivity contribution in [3.63, 3.8) is 0 Å². The molecule has 2 rings (SSSR count).